The van der Waals surface area contributed by atoms with E-state index in [2.05, 4.69) is 5.32 Å². The van der Waals surface area contributed by atoms with Gasteiger partial charge in [-0.25, -0.2) is 8.42 Å². The number of nitrogens with one attached hydrogen (secondary N) is 1. The summed E-state index contributed by atoms with van der Waals surface area (Å²) in [6.07, 6.45) is 0.667. The molecule has 1 aliphatic heterocycles. The molecule has 0 spiro atoms. The van der Waals surface area contributed by atoms with Gasteiger partial charge in [0.25, 0.3) is 5.69 Å². The number of rotatable bonds is 6. The third-order valence-electron chi connectivity index (χ3n) is 3.87. The summed E-state index contributed by atoms with van der Waals surface area (Å²) in [5.41, 5.74) is -0.374. The molecule has 0 bridgehead atoms. The van der Waals surface area contributed by atoms with Crippen molar-refractivity contribution >= 4 is 27.6 Å². The smallest absolute Gasteiger partial charge is 0.325 e. The Labute approximate surface area is 143 Å². The molecule has 2 rings (SSSR count). The number of hydrogen-bond acceptors (Lipinski definition) is 6. The van der Waals surface area contributed by atoms with E-state index in [9.17, 15) is 28.1 Å². The lowest BCUT2D eigenvalue weighted by Gasteiger charge is -2.24. The van der Waals surface area contributed by atoms with Gasteiger partial charge in [-0.05, 0) is 25.8 Å². The summed E-state index contributed by atoms with van der Waals surface area (Å²) in [5, 5.41) is 21.9. The van der Waals surface area contributed by atoms with Crippen molar-refractivity contribution in [3.8, 4) is 0 Å². The summed E-state index contributed by atoms with van der Waals surface area (Å²) in [7, 11) is -4.12. The summed E-state index contributed by atoms with van der Waals surface area (Å²) in [5.74, 6) is -1.94. The Kier molecular flexibility index (Phi) is 5.38. The molecule has 1 heterocycles. The van der Waals surface area contributed by atoms with Gasteiger partial charge in [0.05, 0.1) is 9.82 Å². The molecule has 1 saturated heterocycles. The summed E-state index contributed by atoms with van der Waals surface area (Å²) < 4.78 is 26.5. The SMILES string of the molecule is CC(NC(=O)C1CCCN1S(=O)(=O)c1cccc([N+](=O)[O-])c1)C(=O)O. The van der Waals surface area contributed by atoms with Crippen LogP contribution in [-0.4, -0.2) is 53.3 Å². The first-order valence-corrected chi connectivity index (χ1v) is 8.88. The highest BCUT2D eigenvalue weighted by Gasteiger charge is 2.40. The highest BCUT2D eigenvalue weighted by atomic mass is 32.2. The minimum Gasteiger partial charge on any atom is -0.480 e. The fraction of sp³-hybridized carbons (Fsp3) is 0.429. The van der Waals surface area contributed by atoms with E-state index in [0.717, 1.165) is 10.4 Å². The zero-order chi connectivity index (χ0) is 18.8. The predicted octanol–water partition coefficient (Wildman–Crippen LogP) is 0.337. The average Bonchev–Trinajstić information content (AvgIpc) is 3.05. The number of amides is 1. The summed E-state index contributed by atoms with van der Waals surface area (Å²) in [6.45, 7) is 1.35. The first-order chi connectivity index (χ1) is 11.6. The van der Waals surface area contributed by atoms with E-state index in [1.807, 2.05) is 0 Å². The molecule has 136 valence electrons. The number of nitro benzene ring substituents is 1. The van der Waals surface area contributed by atoms with Crippen LogP contribution in [0.1, 0.15) is 19.8 Å². The van der Waals surface area contributed by atoms with Gasteiger partial charge in [0.1, 0.15) is 12.1 Å². The Balaban J connectivity index is 2.28. The second kappa shape index (κ2) is 7.15. The van der Waals surface area contributed by atoms with E-state index in [0.29, 0.717) is 6.42 Å². The number of nitrogens with zero attached hydrogens (tertiary/aromatic N) is 2. The molecular weight excluding hydrogens is 354 g/mol. The molecule has 1 aliphatic rings. The van der Waals surface area contributed by atoms with Crippen molar-refractivity contribution < 1.29 is 28.0 Å². The highest BCUT2D eigenvalue weighted by Crippen LogP contribution is 2.28. The van der Waals surface area contributed by atoms with E-state index in [1.165, 1.54) is 25.1 Å². The topological polar surface area (TPSA) is 147 Å². The molecule has 0 aromatic heterocycles. The van der Waals surface area contributed by atoms with Crippen LogP contribution in [0.5, 0.6) is 0 Å². The summed E-state index contributed by atoms with van der Waals surface area (Å²) in [4.78, 5) is 32.9. The number of hydrogen-bond donors (Lipinski definition) is 2. The number of carbonyl (C=O) groups is 2. The normalized spacial score (nSPS) is 19.3. The number of benzene rings is 1. The van der Waals surface area contributed by atoms with Crippen molar-refractivity contribution in [3.05, 3.63) is 34.4 Å². The van der Waals surface area contributed by atoms with Crippen molar-refractivity contribution in [2.75, 3.05) is 6.54 Å². The van der Waals surface area contributed by atoms with E-state index in [1.54, 1.807) is 0 Å². The largest absolute Gasteiger partial charge is 0.480 e. The maximum Gasteiger partial charge on any atom is 0.325 e. The lowest BCUT2D eigenvalue weighted by molar-refractivity contribution is -0.385. The van der Waals surface area contributed by atoms with Crippen LogP contribution in [0.4, 0.5) is 5.69 Å². The minimum atomic E-state index is -4.12. The fourth-order valence-electron chi connectivity index (χ4n) is 2.55. The number of sulfonamides is 1. The second-order valence-electron chi connectivity index (χ2n) is 5.60. The van der Waals surface area contributed by atoms with E-state index in [-0.39, 0.29) is 23.5 Å². The van der Waals surface area contributed by atoms with Crippen molar-refractivity contribution in [1.29, 1.82) is 0 Å². The van der Waals surface area contributed by atoms with Crippen LogP contribution in [0.2, 0.25) is 0 Å². The Morgan fingerprint density at radius 1 is 1.44 bits per heavy atom. The van der Waals surface area contributed by atoms with Gasteiger partial charge in [0.2, 0.25) is 15.9 Å². The maximum absolute atomic E-state index is 12.8. The molecule has 0 radical (unpaired) electrons. The first kappa shape index (κ1) is 18.8. The van der Waals surface area contributed by atoms with Crippen LogP contribution < -0.4 is 5.32 Å². The standard InChI is InChI=1S/C14H17N3O7S/c1-9(14(19)20)15-13(18)12-6-3-7-16(12)25(23,24)11-5-2-4-10(8-11)17(21)22/h2,4-5,8-9,12H,3,6-7H2,1H3,(H,15,18)(H,19,20). The Hall–Kier alpha value is -2.53. The van der Waals surface area contributed by atoms with Crippen LogP contribution in [-0.2, 0) is 19.6 Å². The van der Waals surface area contributed by atoms with Gasteiger partial charge in [-0.2, -0.15) is 4.31 Å². The molecule has 0 saturated carbocycles. The lowest BCUT2D eigenvalue weighted by Crippen LogP contribution is -2.49. The van der Waals surface area contributed by atoms with Gasteiger partial charge in [0.15, 0.2) is 0 Å². The van der Waals surface area contributed by atoms with Gasteiger partial charge in [-0.3, -0.25) is 19.7 Å². The number of carbonyl (C=O) groups excluding carboxylic acids is 1. The van der Waals surface area contributed by atoms with Crippen LogP contribution in [0.3, 0.4) is 0 Å². The number of carboxylic acid groups (broad SMARTS) is 1. The molecule has 1 aromatic rings. The number of nitro groups is 1. The van der Waals surface area contributed by atoms with Gasteiger partial charge in [-0.15, -0.1) is 0 Å². The fourth-order valence-corrected chi connectivity index (χ4v) is 4.25. The molecule has 10 nitrogen and oxygen atoms in total. The van der Waals surface area contributed by atoms with Gasteiger partial charge < -0.3 is 10.4 Å². The van der Waals surface area contributed by atoms with Gasteiger partial charge in [0, 0.05) is 18.7 Å². The van der Waals surface area contributed by atoms with E-state index < -0.39 is 38.9 Å². The molecular formula is C14H17N3O7S. The first-order valence-electron chi connectivity index (χ1n) is 7.44. The summed E-state index contributed by atoms with van der Waals surface area (Å²) in [6, 6.07) is 2.36. The zero-order valence-electron chi connectivity index (χ0n) is 13.3. The molecule has 2 unspecified atom stereocenters. The van der Waals surface area contributed by atoms with Crippen molar-refractivity contribution in [2.45, 2.75) is 36.7 Å². The molecule has 1 amide bonds. The number of carboxylic acids is 1. The van der Waals surface area contributed by atoms with Crippen LogP contribution in [0.25, 0.3) is 0 Å². The highest BCUT2D eigenvalue weighted by molar-refractivity contribution is 7.89. The number of non-ortho nitro benzene ring substituents is 1. The van der Waals surface area contributed by atoms with E-state index in [4.69, 9.17) is 5.11 Å². The molecule has 2 atom stereocenters. The monoisotopic (exact) mass is 371 g/mol. The molecule has 2 N–H and O–H groups in total. The quantitative estimate of drug-likeness (QED) is 0.541. The van der Waals surface area contributed by atoms with Crippen molar-refractivity contribution in [1.82, 2.24) is 9.62 Å². The van der Waals surface area contributed by atoms with Gasteiger partial charge >= 0.3 is 5.97 Å². The predicted molar refractivity (Wildman–Crippen MR) is 85.3 cm³/mol. The molecule has 1 aromatic carbocycles. The van der Waals surface area contributed by atoms with Crippen molar-refractivity contribution in [3.63, 3.8) is 0 Å². The van der Waals surface area contributed by atoms with Crippen LogP contribution >= 0.6 is 0 Å². The van der Waals surface area contributed by atoms with E-state index >= 15 is 0 Å². The molecule has 1 fully saturated rings. The molecule has 0 aliphatic carbocycles. The Morgan fingerprint density at radius 2 is 2.12 bits per heavy atom. The third-order valence-corrected chi connectivity index (χ3v) is 5.77. The minimum absolute atomic E-state index is 0.0740. The zero-order valence-corrected chi connectivity index (χ0v) is 14.1. The molecule has 11 heteroatoms. The Morgan fingerprint density at radius 3 is 2.72 bits per heavy atom. The second-order valence-corrected chi connectivity index (χ2v) is 7.49. The summed E-state index contributed by atoms with van der Waals surface area (Å²) >= 11 is 0. The average molecular weight is 371 g/mol. The van der Waals surface area contributed by atoms with Crippen LogP contribution in [0, 0.1) is 10.1 Å². The van der Waals surface area contributed by atoms with Crippen molar-refractivity contribution in [2.24, 2.45) is 0 Å². The number of aliphatic carboxylic acids is 1. The molecule has 25 heavy (non-hydrogen) atoms. The van der Waals surface area contributed by atoms with Gasteiger partial charge in [-0.1, -0.05) is 6.07 Å². The Bertz CT molecular complexity index is 808. The third kappa shape index (κ3) is 3.94. The lowest BCUT2D eigenvalue weighted by atomic mass is 10.2. The van der Waals surface area contributed by atoms with Crippen LogP contribution in [0.15, 0.2) is 29.2 Å². The maximum atomic E-state index is 12.8.